The number of carbonyl (C=O) groups is 2. The van der Waals surface area contributed by atoms with Crippen molar-refractivity contribution in [1.29, 1.82) is 0 Å². The summed E-state index contributed by atoms with van der Waals surface area (Å²) in [5, 5.41) is 4.16. The average molecular weight is 640 g/mol. The lowest BCUT2D eigenvalue weighted by molar-refractivity contribution is -0.124. The van der Waals surface area contributed by atoms with Crippen LogP contribution in [0, 0.1) is 17.8 Å². The van der Waals surface area contributed by atoms with E-state index in [1.165, 1.54) is 11.1 Å². The number of nitrogens with one attached hydrogen (secondary N) is 2. The number of amides is 2. The summed E-state index contributed by atoms with van der Waals surface area (Å²) in [5.74, 6) is 1.07. The first-order valence-corrected chi connectivity index (χ1v) is 18.4. The molecule has 2 aromatic rings. The van der Waals surface area contributed by atoms with Crippen molar-refractivity contribution < 1.29 is 22.7 Å². The summed E-state index contributed by atoms with van der Waals surface area (Å²) in [7, 11) is -3.78. The Bertz CT molecular complexity index is 1560. The van der Waals surface area contributed by atoms with Crippen LogP contribution in [0.5, 0.6) is 5.75 Å². The molecule has 2 aliphatic heterocycles. The summed E-state index contributed by atoms with van der Waals surface area (Å²) in [4.78, 5) is 28.5. The number of rotatable bonds is 2. The number of hydrogen-bond donors (Lipinski definition) is 2. The molecular weight excluding hydrogens is 598 g/mol. The molecule has 2 amide bonds. The van der Waals surface area contributed by atoms with E-state index in [4.69, 9.17) is 16.3 Å². The monoisotopic (exact) mass is 639 g/mol. The number of carbonyl (C=O) groups excluding carboxylic acids is 2. The third-order valence-electron chi connectivity index (χ3n) is 10.7. The Balaban J connectivity index is 1.26. The summed E-state index contributed by atoms with van der Waals surface area (Å²) in [6.07, 6.45) is 9.98. The molecule has 7 rings (SSSR count). The summed E-state index contributed by atoms with van der Waals surface area (Å²) in [5.41, 5.74) is 3.42. The Morgan fingerprint density at radius 1 is 1.02 bits per heavy atom. The van der Waals surface area contributed by atoms with Gasteiger partial charge in [-0.3, -0.25) is 9.59 Å². The van der Waals surface area contributed by atoms with Crippen molar-refractivity contribution in [2.45, 2.75) is 82.1 Å². The molecule has 2 heterocycles. The zero-order valence-corrected chi connectivity index (χ0v) is 26.7. The first-order valence-electron chi connectivity index (χ1n) is 16.4. The van der Waals surface area contributed by atoms with Crippen molar-refractivity contribution in [3.63, 3.8) is 0 Å². The highest BCUT2D eigenvalue weighted by molar-refractivity contribution is 7.90. The van der Waals surface area contributed by atoms with Gasteiger partial charge in [0.25, 0.3) is 5.91 Å². The highest BCUT2D eigenvalue weighted by Crippen LogP contribution is 2.47. The normalized spacial score (nSPS) is 30.1. The number of aryl methyl sites for hydroxylation is 1. The molecule has 44 heavy (non-hydrogen) atoms. The van der Waals surface area contributed by atoms with Gasteiger partial charge < -0.3 is 15.0 Å². The van der Waals surface area contributed by atoms with Gasteiger partial charge in [0.05, 0.1) is 18.0 Å². The van der Waals surface area contributed by atoms with Crippen molar-refractivity contribution in [2.24, 2.45) is 17.8 Å². The van der Waals surface area contributed by atoms with E-state index in [0.717, 1.165) is 88.0 Å². The largest absolute Gasteiger partial charge is 0.490 e. The van der Waals surface area contributed by atoms with Crippen LogP contribution in [0.15, 0.2) is 36.4 Å². The molecular formula is C34H42ClN3O5S. The minimum atomic E-state index is -3.78. The minimum Gasteiger partial charge on any atom is -0.490 e. The molecule has 2 N–H and O–H groups in total. The predicted octanol–water partition coefficient (Wildman–Crippen LogP) is 5.37. The highest BCUT2D eigenvalue weighted by Gasteiger charge is 2.45. The molecule has 3 aliphatic carbocycles. The summed E-state index contributed by atoms with van der Waals surface area (Å²) >= 11 is 6.42. The Labute approximate surface area is 265 Å². The Hall–Kier alpha value is -2.78. The van der Waals surface area contributed by atoms with Gasteiger partial charge in [-0.1, -0.05) is 30.5 Å². The van der Waals surface area contributed by atoms with Crippen molar-refractivity contribution in [3.05, 3.63) is 58.1 Å². The Morgan fingerprint density at radius 2 is 1.89 bits per heavy atom. The van der Waals surface area contributed by atoms with Crippen molar-refractivity contribution >= 4 is 39.1 Å². The fourth-order valence-electron chi connectivity index (χ4n) is 8.01. The van der Waals surface area contributed by atoms with Crippen molar-refractivity contribution in [1.82, 2.24) is 10.0 Å². The van der Waals surface area contributed by atoms with E-state index < -0.39 is 15.9 Å². The lowest BCUT2D eigenvalue weighted by Gasteiger charge is -2.47. The van der Waals surface area contributed by atoms with Crippen molar-refractivity contribution in [2.75, 3.05) is 30.3 Å². The van der Waals surface area contributed by atoms with E-state index in [-0.39, 0.29) is 29.0 Å². The third-order valence-corrected chi connectivity index (χ3v) is 12.3. The molecule has 0 aromatic heterocycles. The zero-order valence-electron chi connectivity index (χ0n) is 25.2. The fourth-order valence-corrected chi connectivity index (χ4v) is 9.29. The maximum absolute atomic E-state index is 13.2. The lowest BCUT2D eigenvalue weighted by atomic mass is 9.67. The maximum atomic E-state index is 13.2. The third kappa shape index (κ3) is 6.06. The molecule has 2 aromatic carbocycles. The van der Waals surface area contributed by atoms with Gasteiger partial charge in [0.1, 0.15) is 5.75 Å². The van der Waals surface area contributed by atoms with E-state index in [1.807, 2.05) is 12.1 Å². The molecule has 5 aliphatic rings. The molecule has 2 saturated carbocycles. The number of sulfonamides is 1. The summed E-state index contributed by atoms with van der Waals surface area (Å²) < 4.78 is 34.5. The molecule has 236 valence electrons. The summed E-state index contributed by atoms with van der Waals surface area (Å²) in [6, 6.07) is 11.6. The Kier molecular flexibility index (Phi) is 8.06. The maximum Gasteiger partial charge on any atom is 0.264 e. The molecule has 0 saturated heterocycles. The number of benzene rings is 2. The smallest absolute Gasteiger partial charge is 0.264 e. The molecule has 0 radical (unpaired) electrons. The topological polar surface area (TPSA) is 105 Å². The van der Waals surface area contributed by atoms with Crippen LogP contribution in [0.2, 0.25) is 5.02 Å². The second kappa shape index (κ2) is 11.9. The van der Waals surface area contributed by atoms with Crippen LogP contribution in [0.4, 0.5) is 5.69 Å². The van der Waals surface area contributed by atoms with Crippen LogP contribution in [0.1, 0.15) is 85.7 Å². The highest BCUT2D eigenvalue weighted by atomic mass is 35.5. The number of anilines is 1. The molecule has 2 fully saturated rings. The number of nitrogens with zero attached hydrogens (tertiary/aromatic N) is 1. The van der Waals surface area contributed by atoms with Gasteiger partial charge in [-0.2, -0.15) is 0 Å². The molecule has 0 unspecified atom stereocenters. The van der Waals surface area contributed by atoms with E-state index >= 15 is 0 Å². The van der Waals surface area contributed by atoms with Gasteiger partial charge in [0, 0.05) is 41.1 Å². The fraction of sp³-hybridized carbons (Fsp3) is 0.588. The second-order valence-corrected chi connectivity index (χ2v) is 16.1. The number of ether oxygens (including phenoxy) is 1. The standard InChI is InChI=1S/C34H42ClN3O5S/c35-26-11-13-28-23(17-26)5-4-15-34(28)20-38-19-25-9-12-27(25)29(36-32(39)22-7-8-22)6-2-1-3-16-44(41,42)37-33(40)24-10-14-31(43-21-34)30(38)18-24/h10-11,13-14,17-18,22,25,27,29H,1-9,12,15-16,19-21H2,(H,36,39)(H,37,40)/t25-,27+,29-,34-/m0/s1. The quantitative estimate of drug-likeness (QED) is 0.458. The van der Waals surface area contributed by atoms with Gasteiger partial charge in [-0.05, 0) is 111 Å². The lowest BCUT2D eigenvalue weighted by Crippen LogP contribution is -2.52. The molecule has 4 atom stereocenters. The number of halogens is 1. The van der Waals surface area contributed by atoms with Gasteiger partial charge >= 0.3 is 0 Å². The summed E-state index contributed by atoms with van der Waals surface area (Å²) in [6.45, 7) is 2.02. The van der Waals surface area contributed by atoms with Crippen LogP contribution in [0.25, 0.3) is 0 Å². The van der Waals surface area contributed by atoms with E-state index in [2.05, 4.69) is 27.1 Å². The SMILES string of the molecule is O=C1NS(=O)(=O)CCCCC[C@H](NC(=O)C2CC2)[C@@H]2CC[C@H]2CN2C[C@@]3(CCCc4cc(Cl)ccc43)COc3ccc1cc32. The zero-order chi connectivity index (χ0) is 30.5. The van der Waals surface area contributed by atoms with Gasteiger partial charge in [-0.15, -0.1) is 0 Å². The number of fused-ring (bicyclic) bond motifs is 4. The van der Waals surface area contributed by atoms with Crippen LogP contribution in [0.3, 0.4) is 0 Å². The first kappa shape index (κ1) is 29.9. The predicted molar refractivity (Wildman–Crippen MR) is 171 cm³/mol. The van der Waals surface area contributed by atoms with Crippen LogP contribution in [-0.2, 0) is 26.7 Å². The minimum absolute atomic E-state index is 0.0895. The van der Waals surface area contributed by atoms with E-state index in [1.54, 1.807) is 12.1 Å². The van der Waals surface area contributed by atoms with Crippen LogP contribution < -0.4 is 19.7 Å². The Morgan fingerprint density at radius 3 is 2.68 bits per heavy atom. The first-order chi connectivity index (χ1) is 21.2. The van der Waals surface area contributed by atoms with Gasteiger partial charge in [0.15, 0.2) is 0 Å². The van der Waals surface area contributed by atoms with Crippen molar-refractivity contribution in [3.8, 4) is 5.75 Å². The van der Waals surface area contributed by atoms with E-state index in [9.17, 15) is 18.0 Å². The molecule has 8 nitrogen and oxygen atoms in total. The average Bonchev–Trinajstić information content (AvgIpc) is 3.83. The molecule has 10 heteroatoms. The van der Waals surface area contributed by atoms with E-state index in [0.29, 0.717) is 36.2 Å². The molecule has 1 spiro atoms. The second-order valence-electron chi connectivity index (χ2n) is 13.8. The van der Waals surface area contributed by atoms with Crippen LogP contribution >= 0.6 is 11.6 Å². The van der Waals surface area contributed by atoms with Gasteiger partial charge in [-0.25, -0.2) is 13.1 Å². The van der Waals surface area contributed by atoms with Gasteiger partial charge in [0.2, 0.25) is 15.9 Å². The number of hydrogen-bond acceptors (Lipinski definition) is 6. The van der Waals surface area contributed by atoms with Crippen LogP contribution in [-0.4, -0.2) is 51.7 Å². The molecule has 2 bridgehead atoms.